The predicted octanol–water partition coefficient (Wildman–Crippen LogP) is 5.51. The van der Waals surface area contributed by atoms with Crippen LogP contribution in [0.5, 0.6) is 0 Å². The van der Waals surface area contributed by atoms with Crippen LogP contribution in [0, 0.1) is 0 Å². The van der Waals surface area contributed by atoms with Crippen molar-refractivity contribution in [1.29, 1.82) is 0 Å². The Kier molecular flexibility index (Phi) is 5.86. The molecule has 0 atom stereocenters. The van der Waals surface area contributed by atoms with E-state index in [4.69, 9.17) is 4.42 Å². The summed E-state index contributed by atoms with van der Waals surface area (Å²) in [6.07, 6.45) is -1.36. The van der Waals surface area contributed by atoms with E-state index in [0.717, 1.165) is 12.1 Å². The minimum atomic E-state index is -4.45. The summed E-state index contributed by atoms with van der Waals surface area (Å²) in [6.45, 7) is 0.0309. The molecule has 32 heavy (non-hydrogen) atoms. The molecule has 9 heteroatoms. The number of pyridine rings is 1. The maximum Gasteiger partial charge on any atom is 0.416 e. The largest absolute Gasteiger partial charge is 0.463 e. The number of sulfonamides is 1. The second kappa shape index (κ2) is 8.60. The number of halogens is 3. The number of furan rings is 1. The van der Waals surface area contributed by atoms with Crippen molar-refractivity contribution in [2.75, 3.05) is 0 Å². The number of nitrogens with one attached hydrogen (secondary N) is 1. The Bertz CT molecular complexity index is 1300. The number of hydrogen-bond donors (Lipinski definition) is 1. The Labute approximate surface area is 182 Å². The Morgan fingerprint density at radius 1 is 0.906 bits per heavy atom. The SMILES string of the molecule is O=S(=O)(NCc1ccc(-c2ccco2)nc1)c1ccc(-c2cccc(C(F)(F)F)c2)cc1. The van der Waals surface area contributed by atoms with Crippen molar-refractivity contribution in [2.24, 2.45) is 0 Å². The lowest BCUT2D eigenvalue weighted by Gasteiger charge is -2.10. The molecule has 0 spiro atoms. The molecule has 4 aromatic rings. The van der Waals surface area contributed by atoms with Crippen molar-refractivity contribution in [2.45, 2.75) is 17.6 Å². The second-order valence-corrected chi connectivity index (χ2v) is 8.72. The van der Waals surface area contributed by atoms with E-state index in [0.29, 0.717) is 28.1 Å². The van der Waals surface area contributed by atoms with E-state index >= 15 is 0 Å². The summed E-state index contributed by atoms with van der Waals surface area (Å²) in [5, 5.41) is 0. The molecule has 4 rings (SSSR count). The van der Waals surface area contributed by atoms with Crippen molar-refractivity contribution in [3.8, 4) is 22.6 Å². The summed E-state index contributed by atoms with van der Waals surface area (Å²) in [4.78, 5) is 4.26. The van der Waals surface area contributed by atoms with Crippen molar-refractivity contribution in [3.05, 3.63) is 96.4 Å². The minimum Gasteiger partial charge on any atom is -0.463 e. The molecule has 164 valence electrons. The molecule has 0 radical (unpaired) electrons. The Balaban J connectivity index is 1.45. The molecule has 0 saturated carbocycles. The van der Waals surface area contributed by atoms with Crippen LogP contribution in [-0.2, 0) is 22.7 Å². The highest BCUT2D eigenvalue weighted by molar-refractivity contribution is 7.89. The lowest BCUT2D eigenvalue weighted by Crippen LogP contribution is -2.23. The van der Waals surface area contributed by atoms with Crippen LogP contribution in [0.2, 0.25) is 0 Å². The van der Waals surface area contributed by atoms with E-state index in [1.54, 1.807) is 30.5 Å². The Hall–Kier alpha value is -3.43. The lowest BCUT2D eigenvalue weighted by molar-refractivity contribution is -0.137. The van der Waals surface area contributed by atoms with Crippen LogP contribution < -0.4 is 4.72 Å². The van der Waals surface area contributed by atoms with Crippen LogP contribution in [0.25, 0.3) is 22.6 Å². The van der Waals surface area contributed by atoms with Gasteiger partial charge in [0.1, 0.15) is 5.69 Å². The summed E-state index contributed by atoms with van der Waals surface area (Å²) in [5.41, 5.74) is 1.35. The minimum absolute atomic E-state index is 0.00777. The van der Waals surface area contributed by atoms with Gasteiger partial charge in [-0.2, -0.15) is 13.2 Å². The van der Waals surface area contributed by atoms with Gasteiger partial charge >= 0.3 is 6.18 Å². The van der Waals surface area contributed by atoms with E-state index in [1.807, 2.05) is 0 Å². The standard InChI is InChI=1S/C23H17F3N2O3S/c24-23(25,26)19-4-1-3-18(13-19)17-7-9-20(10-8-17)32(29,30)28-15-16-6-11-21(27-14-16)22-5-2-12-31-22/h1-14,28H,15H2. The van der Waals surface area contributed by atoms with E-state index in [2.05, 4.69) is 9.71 Å². The van der Waals surface area contributed by atoms with Gasteiger partial charge in [0.15, 0.2) is 5.76 Å². The third kappa shape index (κ3) is 4.90. The summed E-state index contributed by atoms with van der Waals surface area (Å²) in [7, 11) is -3.82. The monoisotopic (exact) mass is 458 g/mol. The fourth-order valence-corrected chi connectivity index (χ4v) is 4.08. The topological polar surface area (TPSA) is 72.2 Å². The molecule has 0 unspecified atom stereocenters. The third-order valence-electron chi connectivity index (χ3n) is 4.75. The summed E-state index contributed by atoms with van der Waals surface area (Å²) in [6, 6.07) is 17.5. The molecular weight excluding hydrogens is 441 g/mol. The lowest BCUT2D eigenvalue weighted by atomic mass is 10.0. The van der Waals surface area contributed by atoms with Crippen molar-refractivity contribution < 1.29 is 26.0 Å². The zero-order valence-electron chi connectivity index (χ0n) is 16.5. The van der Waals surface area contributed by atoms with Gasteiger partial charge < -0.3 is 4.42 Å². The highest BCUT2D eigenvalue weighted by Crippen LogP contribution is 2.32. The first-order valence-corrected chi connectivity index (χ1v) is 11.0. The van der Waals surface area contributed by atoms with E-state index < -0.39 is 21.8 Å². The van der Waals surface area contributed by atoms with Gasteiger partial charge in [0.2, 0.25) is 10.0 Å². The second-order valence-electron chi connectivity index (χ2n) is 6.96. The van der Waals surface area contributed by atoms with Gasteiger partial charge in [0.25, 0.3) is 0 Å². The molecule has 0 saturated heterocycles. The van der Waals surface area contributed by atoms with Crippen LogP contribution in [0.4, 0.5) is 13.2 Å². The highest BCUT2D eigenvalue weighted by Gasteiger charge is 2.30. The van der Waals surface area contributed by atoms with Crippen LogP contribution >= 0.6 is 0 Å². The van der Waals surface area contributed by atoms with Gasteiger partial charge in [-0.3, -0.25) is 4.98 Å². The fourth-order valence-electron chi connectivity index (χ4n) is 3.06. The van der Waals surface area contributed by atoms with Gasteiger partial charge in [-0.1, -0.05) is 30.3 Å². The molecule has 2 aromatic heterocycles. The first-order valence-electron chi connectivity index (χ1n) is 9.48. The van der Waals surface area contributed by atoms with Crippen LogP contribution in [0.1, 0.15) is 11.1 Å². The number of aromatic nitrogens is 1. The number of hydrogen-bond acceptors (Lipinski definition) is 4. The van der Waals surface area contributed by atoms with Crippen LogP contribution in [0.3, 0.4) is 0 Å². The molecule has 2 aromatic carbocycles. The molecule has 0 fully saturated rings. The Morgan fingerprint density at radius 3 is 2.31 bits per heavy atom. The Morgan fingerprint density at radius 2 is 1.69 bits per heavy atom. The number of alkyl halides is 3. The zero-order chi connectivity index (χ0) is 22.8. The molecule has 0 aliphatic rings. The first-order chi connectivity index (χ1) is 15.2. The van der Waals surface area contributed by atoms with E-state index in [1.165, 1.54) is 42.7 Å². The molecule has 0 amide bonds. The predicted molar refractivity (Wildman–Crippen MR) is 113 cm³/mol. The maximum absolute atomic E-state index is 12.9. The molecule has 2 heterocycles. The molecule has 0 bridgehead atoms. The molecule has 1 N–H and O–H groups in total. The number of rotatable bonds is 6. The molecule has 0 aliphatic heterocycles. The number of nitrogens with zero attached hydrogens (tertiary/aromatic N) is 1. The van der Waals surface area contributed by atoms with Crippen molar-refractivity contribution in [3.63, 3.8) is 0 Å². The summed E-state index contributed by atoms with van der Waals surface area (Å²) >= 11 is 0. The van der Waals surface area contributed by atoms with Gasteiger partial charge in [-0.15, -0.1) is 0 Å². The van der Waals surface area contributed by atoms with Crippen molar-refractivity contribution in [1.82, 2.24) is 9.71 Å². The van der Waals surface area contributed by atoms with Crippen LogP contribution in [0.15, 0.2) is 94.6 Å². The van der Waals surface area contributed by atoms with Gasteiger partial charge in [0.05, 0.1) is 16.7 Å². The third-order valence-corrected chi connectivity index (χ3v) is 6.17. The smallest absolute Gasteiger partial charge is 0.416 e. The molecule has 5 nitrogen and oxygen atoms in total. The zero-order valence-corrected chi connectivity index (χ0v) is 17.3. The van der Waals surface area contributed by atoms with E-state index in [-0.39, 0.29) is 11.4 Å². The quantitative estimate of drug-likeness (QED) is 0.414. The highest BCUT2D eigenvalue weighted by atomic mass is 32.2. The van der Waals surface area contributed by atoms with Gasteiger partial charge in [-0.25, -0.2) is 13.1 Å². The molecule has 0 aliphatic carbocycles. The number of benzene rings is 2. The van der Waals surface area contributed by atoms with Crippen LogP contribution in [-0.4, -0.2) is 13.4 Å². The van der Waals surface area contributed by atoms with Crippen molar-refractivity contribution >= 4 is 10.0 Å². The summed E-state index contributed by atoms with van der Waals surface area (Å²) < 4.78 is 71.7. The molecular formula is C23H17F3N2O3S. The maximum atomic E-state index is 12.9. The first kappa shape index (κ1) is 21.8. The van der Waals surface area contributed by atoms with Gasteiger partial charge in [-0.05, 0) is 59.2 Å². The summed E-state index contributed by atoms with van der Waals surface area (Å²) in [5.74, 6) is 0.609. The van der Waals surface area contributed by atoms with E-state index in [9.17, 15) is 21.6 Å². The average molecular weight is 458 g/mol. The van der Waals surface area contributed by atoms with Gasteiger partial charge in [0, 0.05) is 12.7 Å². The fraction of sp³-hybridized carbons (Fsp3) is 0.0870. The average Bonchev–Trinajstić information content (AvgIpc) is 3.33. The normalized spacial score (nSPS) is 12.1.